The largest absolute Gasteiger partial charge is 0.417 e. The van der Waals surface area contributed by atoms with Crippen LogP contribution in [-0.4, -0.2) is 29.6 Å². The predicted molar refractivity (Wildman–Crippen MR) is 86.9 cm³/mol. The van der Waals surface area contributed by atoms with Crippen LogP contribution in [0.4, 0.5) is 24.7 Å². The van der Waals surface area contributed by atoms with Crippen LogP contribution >= 0.6 is 0 Å². The highest BCUT2D eigenvalue weighted by atomic mass is 19.4. The SMILES string of the molecule is FC(F)(F)c1ccc(NCC2CCN(c3ccncc3)CC2)nc1. The number of hydrogen-bond donors (Lipinski definition) is 1. The molecule has 128 valence electrons. The summed E-state index contributed by atoms with van der Waals surface area (Å²) in [6.45, 7) is 2.66. The van der Waals surface area contributed by atoms with Crippen LogP contribution in [0.15, 0.2) is 42.9 Å². The van der Waals surface area contributed by atoms with E-state index in [0.29, 0.717) is 11.7 Å². The van der Waals surface area contributed by atoms with Gasteiger partial charge >= 0.3 is 6.18 Å². The third kappa shape index (κ3) is 4.15. The minimum atomic E-state index is -4.34. The van der Waals surface area contributed by atoms with Gasteiger partial charge in [-0.3, -0.25) is 4.98 Å². The molecule has 0 bridgehead atoms. The zero-order chi connectivity index (χ0) is 17.0. The highest BCUT2D eigenvalue weighted by Crippen LogP contribution is 2.29. The molecule has 1 aliphatic rings. The number of alkyl halides is 3. The van der Waals surface area contributed by atoms with E-state index >= 15 is 0 Å². The maximum atomic E-state index is 12.5. The number of aromatic nitrogens is 2. The third-order valence-electron chi connectivity index (χ3n) is 4.31. The van der Waals surface area contributed by atoms with E-state index in [4.69, 9.17) is 0 Å². The first-order valence-electron chi connectivity index (χ1n) is 7.94. The van der Waals surface area contributed by atoms with Crippen LogP contribution in [0.1, 0.15) is 18.4 Å². The summed E-state index contributed by atoms with van der Waals surface area (Å²) in [5.74, 6) is 0.978. The van der Waals surface area contributed by atoms with Crippen molar-refractivity contribution in [3.8, 4) is 0 Å². The number of hydrogen-bond acceptors (Lipinski definition) is 4. The lowest BCUT2D eigenvalue weighted by atomic mass is 9.96. The van der Waals surface area contributed by atoms with Gasteiger partial charge in [0.2, 0.25) is 0 Å². The smallest absolute Gasteiger partial charge is 0.371 e. The molecule has 0 saturated carbocycles. The number of halogens is 3. The van der Waals surface area contributed by atoms with Crippen LogP contribution < -0.4 is 10.2 Å². The Hall–Kier alpha value is -2.31. The minimum Gasteiger partial charge on any atom is -0.371 e. The van der Waals surface area contributed by atoms with E-state index in [0.717, 1.165) is 44.7 Å². The molecule has 0 aromatic carbocycles. The van der Waals surface area contributed by atoms with E-state index in [1.54, 1.807) is 12.4 Å². The van der Waals surface area contributed by atoms with Crippen molar-refractivity contribution in [3.05, 3.63) is 48.4 Å². The van der Waals surface area contributed by atoms with Gasteiger partial charge in [-0.05, 0) is 43.0 Å². The number of pyridine rings is 2. The van der Waals surface area contributed by atoms with Gasteiger partial charge in [-0.15, -0.1) is 0 Å². The van der Waals surface area contributed by atoms with Gasteiger partial charge in [0.1, 0.15) is 5.82 Å². The number of anilines is 2. The highest BCUT2D eigenvalue weighted by molar-refractivity contribution is 5.45. The Morgan fingerprint density at radius 2 is 1.79 bits per heavy atom. The van der Waals surface area contributed by atoms with Crippen molar-refractivity contribution in [1.29, 1.82) is 0 Å². The summed E-state index contributed by atoms with van der Waals surface area (Å²) in [5, 5.41) is 3.14. The van der Waals surface area contributed by atoms with Crippen LogP contribution in [0.3, 0.4) is 0 Å². The van der Waals surface area contributed by atoms with Crippen molar-refractivity contribution >= 4 is 11.5 Å². The number of piperidine rings is 1. The van der Waals surface area contributed by atoms with Crippen molar-refractivity contribution in [1.82, 2.24) is 9.97 Å². The first-order valence-corrected chi connectivity index (χ1v) is 7.94. The van der Waals surface area contributed by atoms with E-state index in [1.807, 2.05) is 12.1 Å². The molecule has 4 nitrogen and oxygen atoms in total. The summed E-state index contributed by atoms with van der Waals surface area (Å²) in [5.41, 5.74) is 0.458. The molecule has 0 radical (unpaired) electrons. The van der Waals surface area contributed by atoms with Crippen molar-refractivity contribution < 1.29 is 13.2 Å². The molecule has 0 aliphatic carbocycles. The Morgan fingerprint density at radius 3 is 2.38 bits per heavy atom. The monoisotopic (exact) mass is 336 g/mol. The number of nitrogens with one attached hydrogen (secondary N) is 1. The molecule has 1 saturated heterocycles. The fraction of sp³-hybridized carbons (Fsp3) is 0.412. The molecular formula is C17H19F3N4. The van der Waals surface area contributed by atoms with E-state index in [-0.39, 0.29) is 0 Å². The zero-order valence-electron chi connectivity index (χ0n) is 13.1. The Kier molecular flexibility index (Phi) is 4.87. The second-order valence-electron chi connectivity index (χ2n) is 5.95. The Morgan fingerprint density at radius 1 is 1.08 bits per heavy atom. The van der Waals surface area contributed by atoms with Gasteiger partial charge in [0.25, 0.3) is 0 Å². The second-order valence-corrected chi connectivity index (χ2v) is 5.95. The van der Waals surface area contributed by atoms with Gasteiger partial charge in [0, 0.05) is 43.9 Å². The molecule has 3 rings (SSSR count). The highest BCUT2D eigenvalue weighted by Gasteiger charge is 2.30. The molecule has 7 heteroatoms. The molecular weight excluding hydrogens is 317 g/mol. The molecule has 1 N–H and O–H groups in total. The lowest BCUT2D eigenvalue weighted by molar-refractivity contribution is -0.137. The molecule has 24 heavy (non-hydrogen) atoms. The average Bonchev–Trinajstić information content (AvgIpc) is 2.61. The summed E-state index contributed by atoms with van der Waals surface area (Å²) in [7, 11) is 0. The van der Waals surface area contributed by atoms with E-state index < -0.39 is 11.7 Å². The molecule has 0 atom stereocenters. The lowest BCUT2D eigenvalue weighted by Gasteiger charge is -2.33. The van der Waals surface area contributed by atoms with Crippen LogP contribution in [0, 0.1) is 5.92 Å². The Labute approximate surface area is 138 Å². The molecule has 2 aromatic heterocycles. The fourth-order valence-electron chi connectivity index (χ4n) is 2.87. The Bertz CT molecular complexity index is 635. The van der Waals surface area contributed by atoms with Crippen molar-refractivity contribution in [2.75, 3.05) is 29.9 Å². The summed E-state index contributed by atoms with van der Waals surface area (Å²) in [4.78, 5) is 10.2. The molecule has 3 heterocycles. The normalized spacial score (nSPS) is 16.2. The van der Waals surface area contributed by atoms with Gasteiger partial charge < -0.3 is 10.2 Å². The van der Waals surface area contributed by atoms with E-state index in [9.17, 15) is 13.2 Å². The van der Waals surface area contributed by atoms with Gasteiger partial charge in [-0.1, -0.05) is 0 Å². The maximum absolute atomic E-state index is 12.5. The van der Waals surface area contributed by atoms with Crippen LogP contribution in [0.25, 0.3) is 0 Å². The zero-order valence-corrected chi connectivity index (χ0v) is 13.1. The second kappa shape index (κ2) is 7.07. The molecule has 0 amide bonds. The number of rotatable bonds is 4. The lowest BCUT2D eigenvalue weighted by Crippen LogP contribution is -2.35. The summed E-state index contributed by atoms with van der Waals surface area (Å²) in [6.07, 6.45) is 2.18. The van der Waals surface area contributed by atoms with Crippen molar-refractivity contribution in [2.45, 2.75) is 19.0 Å². The molecule has 0 spiro atoms. The molecule has 1 fully saturated rings. The Balaban J connectivity index is 1.47. The van der Waals surface area contributed by atoms with Crippen molar-refractivity contribution in [2.24, 2.45) is 5.92 Å². The predicted octanol–water partition coefficient (Wildman–Crippen LogP) is 3.82. The molecule has 1 aliphatic heterocycles. The van der Waals surface area contributed by atoms with Gasteiger partial charge in [0.15, 0.2) is 0 Å². The van der Waals surface area contributed by atoms with Gasteiger partial charge in [-0.2, -0.15) is 13.2 Å². The summed E-state index contributed by atoms with van der Waals surface area (Å²) >= 11 is 0. The van der Waals surface area contributed by atoms with Crippen molar-refractivity contribution in [3.63, 3.8) is 0 Å². The quantitative estimate of drug-likeness (QED) is 0.921. The minimum absolute atomic E-state index is 0.486. The third-order valence-corrected chi connectivity index (χ3v) is 4.31. The first kappa shape index (κ1) is 16.5. The average molecular weight is 336 g/mol. The maximum Gasteiger partial charge on any atom is 0.417 e. The summed E-state index contributed by atoms with van der Waals surface area (Å²) in [6, 6.07) is 6.45. The van der Waals surface area contributed by atoms with E-state index in [1.165, 1.54) is 11.8 Å². The number of nitrogens with zero attached hydrogens (tertiary/aromatic N) is 3. The molecule has 2 aromatic rings. The molecule has 0 unspecified atom stereocenters. The fourth-order valence-corrected chi connectivity index (χ4v) is 2.87. The van der Waals surface area contributed by atoms with Crippen LogP contribution in [0.5, 0.6) is 0 Å². The van der Waals surface area contributed by atoms with Gasteiger partial charge in [-0.25, -0.2) is 4.98 Å². The standard InChI is InChI=1S/C17H19F3N4/c18-17(19,20)14-1-2-16(23-12-14)22-11-13-5-9-24(10-6-13)15-3-7-21-8-4-15/h1-4,7-8,12-13H,5-6,9-11H2,(H,22,23). The van der Waals surface area contributed by atoms with Crippen LogP contribution in [0.2, 0.25) is 0 Å². The van der Waals surface area contributed by atoms with E-state index in [2.05, 4.69) is 20.2 Å². The first-order chi connectivity index (χ1) is 11.5. The topological polar surface area (TPSA) is 41.0 Å². The van der Waals surface area contributed by atoms with Gasteiger partial charge in [0.05, 0.1) is 5.56 Å². The summed E-state index contributed by atoms with van der Waals surface area (Å²) < 4.78 is 37.5. The van der Waals surface area contributed by atoms with Crippen LogP contribution in [-0.2, 0) is 6.18 Å².